The number of nitriles is 1. The molecule has 0 fully saturated rings. The molecule has 0 unspecified atom stereocenters. The van der Waals surface area contributed by atoms with Crippen molar-refractivity contribution in [2.45, 2.75) is 6.92 Å². The highest BCUT2D eigenvalue weighted by Crippen LogP contribution is 2.06. The van der Waals surface area contributed by atoms with Gasteiger partial charge in [0, 0.05) is 14.1 Å². The molecule has 0 atom stereocenters. The number of carbonyl (C=O) groups is 1. The minimum Gasteiger partial charge on any atom is -0.465 e. The molecule has 0 rings (SSSR count). The van der Waals surface area contributed by atoms with Gasteiger partial charge in [0.1, 0.15) is 11.6 Å². The second kappa shape index (κ2) is 5.81. The first kappa shape index (κ1) is 12.2. The molecule has 0 aliphatic heterocycles. The molecule has 76 valence electrons. The summed E-state index contributed by atoms with van der Waals surface area (Å²) in [4.78, 5) is 12.9. The van der Waals surface area contributed by atoms with E-state index < -0.39 is 5.97 Å². The van der Waals surface area contributed by atoms with Gasteiger partial charge in [-0.2, -0.15) is 5.26 Å². The Balaban J connectivity index is 4.87. The number of allylic oxidation sites excluding steroid dienone is 2. The van der Waals surface area contributed by atoms with Gasteiger partial charge < -0.3 is 9.64 Å². The van der Waals surface area contributed by atoms with Gasteiger partial charge in [0.15, 0.2) is 0 Å². The monoisotopic (exact) mass is 194 g/mol. The van der Waals surface area contributed by atoms with Crippen molar-refractivity contribution in [2.75, 3.05) is 21.2 Å². The molecule has 0 spiro atoms. The topological polar surface area (TPSA) is 53.3 Å². The van der Waals surface area contributed by atoms with Crippen LogP contribution in [0.5, 0.6) is 0 Å². The zero-order valence-corrected chi connectivity index (χ0v) is 8.87. The third kappa shape index (κ3) is 3.76. The number of ether oxygens (including phenoxy) is 1. The second-order valence-electron chi connectivity index (χ2n) is 2.94. The molecule has 0 heterocycles. The molecule has 0 aliphatic carbocycles. The molecule has 0 amide bonds. The summed E-state index contributed by atoms with van der Waals surface area (Å²) in [5.74, 6) is -0.603. The Labute approximate surface area is 84.1 Å². The third-order valence-corrected chi connectivity index (χ3v) is 1.52. The van der Waals surface area contributed by atoms with Gasteiger partial charge in [-0.15, -0.1) is 0 Å². The van der Waals surface area contributed by atoms with E-state index >= 15 is 0 Å². The number of esters is 1. The molecule has 0 saturated heterocycles. The Kier molecular flexibility index (Phi) is 5.08. The normalized spacial score (nSPS) is 11.9. The van der Waals surface area contributed by atoms with Crippen LogP contribution in [0, 0.1) is 11.3 Å². The molecule has 0 aromatic carbocycles. The minimum atomic E-state index is -0.603. The van der Waals surface area contributed by atoms with Crippen molar-refractivity contribution in [1.82, 2.24) is 4.90 Å². The maximum atomic E-state index is 11.1. The molecule has 14 heavy (non-hydrogen) atoms. The van der Waals surface area contributed by atoms with Crippen LogP contribution in [0.4, 0.5) is 0 Å². The molecule has 4 heteroatoms. The smallest absolute Gasteiger partial charge is 0.348 e. The highest BCUT2D eigenvalue weighted by atomic mass is 16.5. The Morgan fingerprint density at radius 2 is 2.07 bits per heavy atom. The largest absolute Gasteiger partial charge is 0.465 e. The van der Waals surface area contributed by atoms with Crippen molar-refractivity contribution in [3.05, 3.63) is 23.4 Å². The van der Waals surface area contributed by atoms with Crippen LogP contribution >= 0.6 is 0 Å². The molecular weight excluding hydrogens is 180 g/mol. The fourth-order valence-corrected chi connectivity index (χ4v) is 0.741. The molecule has 0 aromatic heterocycles. The van der Waals surface area contributed by atoms with Crippen molar-refractivity contribution in [3.8, 4) is 6.07 Å². The first-order valence-corrected chi connectivity index (χ1v) is 4.06. The second-order valence-corrected chi connectivity index (χ2v) is 2.94. The van der Waals surface area contributed by atoms with E-state index in [1.54, 1.807) is 19.2 Å². The first-order chi connectivity index (χ1) is 6.52. The predicted molar refractivity (Wildman–Crippen MR) is 53.2 cm³/mol. The number of methoxy groups -OCH3 is 1. The van der Waals surface area contributed by atoms with E-state index in [4.69, 9.17) is 5.26 Å². The lowest BCUT2D eigenvalue weighted by molar-refractivity contribution is -0.135. The Morgan fingerprint density at radius 3 is 2.43 bits per heavy atom. The standard InChI is InChI=1S/C10H14N2O2/c1-8(5-6-12(2)3)9(7-11)10(13)14-4/h5-6H,1-4H3/b6-5+,9-8+. The summed E-state index contributed by atoms with van der Waals surface area (Å²) >= 11 is 0. The lowest BCUT2D eigenvalue weighted by atomic mass is 10.1. The van der Waals surface area contributed by atoms with E-state index in [2.05, 4.69) is 4.74 Å². The number of rotatable bonds is 3. The fraction of sp³-hybridized carbons (Fsp3) is 0.400. The average Bonchev–Trinajstić information content (AvgIpc) is 2.15. The van der Waals surface area contributed by atoms with Crippen LogP contribution in [0.15, 0.2) is 23.4 Å². The van der Waals surface area contributed by atoms with Gasteiger partial charge in [-0.1, -0.05) is 0 Å². The van der Waals surface area contributed by atoms with E-state index in [0.717, 1.165) is 0 Å². The van der Waals surface area contributed by atoms with E-state index in [-0.39, 0.29) is 5.57 Å². The maximum Gasteiger partial charge on any atom is 0.348 e. The van der Waals surface area contributed by atoms with Crippen LogP contribution < -0.4 is 0 Å². The van der Waals surface area contributed by atoms with Crippen LogP contribution in [0.2, 0.25) is 0 Å². The summed E-state index contributed by atoms with van der Waals surface area (Å²) in [6.07, 6.45) is 3.45. The first-order valence-electron chi connectivity index (χ1n) is 4.06. The lowest BCUT2D eigenvalue weighted by Crippen LogP contribution is -2.05. The van der Waals surface area contributed by atoms with Gasteiger partial charge in [0.05, 0.1) is 7.11 Å². The van der Waals surface area contributed by atoms with Crippen molar-refractivity contribution in [1.29, 1.82) is 5.26 Å². The molecule has 0 N–H and O–H groups in total. The minimum absolute atomic E-state index is 0.0330. The van der Waals surface area contributed by atoms with Gasteiger partial charge in [-0.25, -0.2) is 4.79 Å². The summed E-state index contributed by atoms with van der Waals surface area (Å²) in [6, 6.07) is 1.81. The predicted octanol–water partition coefficient (Wildman–Crippen LogP) is 1.07. The quantitative estimate of drug-likeness (QED) is 0.292. The molecule has 0 aliphatic rings. The molecule has 0 saturated carbocycles. The van der Waals surface area contributed by atoms with Crippen LogP contribution in [-0.4, -0.2) is 32.1 Å². The van der Waals surface area contributed by atoms with Crippen LogP contribution in [0.25, 0.3) is 0 Å². The Bertz CT molecular complexity index is 309. The zero-order chi connectivity index (χ0) is 11.1. The fourth-order valence-electron chi connectivity index (χ4n) is 0.741. The van der Waals surface area contributed by atoms with Crippen molar-refractivity contribution >= 4 is 5.97 Å². The maximum absolute atomic E-state index is 11.1. The lowest BCUT2D eigenvalue weighted by Gasteiger charge is -2.04. The number of hydrogen-bond acceptors (Lipinski definition) is 4. The van der Waals surface area contributed by atoms with Crippen LogP contribution in [0.3, 0.4) is 0 Å². The number of carbonyl (C=O) groups excluding carboxylic acids is 1. The summed E-state index contributed by atoms with van der Waals surface area (Å²) in [5, 5.41) is 8.71. The SMILES string of the molecule is COC(=O)/C(C#N)=C(C)/C=C/N(C)C. The Hall–Kier alpha value is -1.76. The Morgan fingerprint density at radius 1 is 1.50 bits per heavy atom. The highest BCUT2D eigenvalue weighted by Gasteiger charge is 2.10. The number of hydrogen-bond donors (Lipinski definition) is 0. The zero-order valence-electron chi connectivity index (χ0n) is 8.87. The summed E-state index contributed by atoms with van der Waals surface area (Å²) in [6.45, 7) is 1.69. The molecule has 0 radical (unpaired) electrons. The van der Waals surface area contributed by atoms with Crippen molar-refractivity contribution in [3.63, 3.8) is 0 Å². The van der Waals surface area contributed by atoms with E-state index in [1.165, 1.54) is 7.11 Å². The highest BCUT2D eigenvalue weighted by molar-refractivity contribution is 5.93. The van der Waals surface area contributed by atoms with Gasteiger partial charge in [0.2, 0.25) is 0 Å². The molecule has 4 nitrogen and oxygen atoms in total. The summed E-state index contributed by atoms with van der Waals surface area (Å²) in [7, 11) is 4.96. The van der Waals surface area contributed by atoms with Crippen LogP contribution in [0.1, 0.15) is 6.92 Å². The van der Waals surface area contributed by atoms with Gasteiger partial charge >= 0.3 is 5.97 Å². The van der Waals surface area contributed by atoms with Crippen molar-refractivity contribution in [2.24, 2.45) is 0 Å². The molecule has 0 aromatic rings. The molecular formula is C10H14N2O2. The van der Waals surface area contributed by atoms with Crippen molar-refractivity contribution < 1.29 is 9.53 Å². The van der Waals surface area contributed by atoms with Gasteiger partial charge in [0.25, 0.3) is 0 Å². The van der Waals surface area contributed by atoms with Gasteiger partial charge in [-0.05, 0) is 24.8 Å². The average molecular weight is 194 g/mol. The molecule has 0 bridgehead atoms. The van der Waals surface area contributed by atoms with E-state index in [0.29, 0.717) is 5.57 Å². The van der Waals surface area contributed by atoms with Gasteiger partial charge in [-0.3, -0.25) is 0 Å². The van der Waals surface area contributed by atoms with E-state index in [1.807, 2.05) is 25.1 Å². The summed E-state index contributed by atoms with van der Waals surface area (Å²) < 4.78 is 4.46. The van der Waals surface area contributed by atoms with Crippen LogP contribution in [-0.2, 0) is 9.53 Å². The number of nitrogens with zero attached hydrogens (tertiary/aromatic N) is 2. The summed E-state index contributed by atoms with van der Waals surface area (Å²) in [5.41, 5.74) is 0.624. The van der Waals surface area contributed by atoms with E-state index in [9.17, 15) is 4.79 Å². The third-order valence-electron chi connectivity index (χ3n) is 1.52.